The summed E-state index contributed by atoms with van der Waals surface area (Å²) in [6.45, 7) is 4.22. The van der Waals surface area contributed by atoms with Gasteiger partial charge in [-0.15, -0.1) is 0 Å². The van der Waals surface area contributed by atoms with Crippen LogP contribution in [0.5, 0.6) is 5.75 Å². The molecule has 0 aliphatic rings. The van der Waals surface area contributed by atoms with Gasteiger partial charge in [-0.05, 0) is 43.0 Å². The second-order valence-corrected chi connectivity index (χ2v) is 3.66. The van der Waals surface area contributed by atoms with Crippen LogP contribution >= 0.6 is 0 Å². The Morgan fingerprint density at radius 1 is 1.43 bits per heavy atom. The van der Waals surface area contributed by atoms with Crippen molar-refractivity contribution in [2.75, 3.05) is 7.11 Å². The van der Waals surface area contributed by atoms with Crippen LogP contribution in [-0.4, -0.2) is 13.2 Å². The zero-order chi connectivity index (χ0) is 10.6. The van der Waals surface area contributed by atoms with Gasteiger partial charge in [0.1, 0.15) is 5.75 Å². The van der Waals surface area contributed by atoms with Crippen molar-refractivity contribution in [1.29, 1.82) is 0 Å². The summed E-state index contributed by atoms with van der Waals surface area (Å²) in [7, 11) is 1.69. The first-order chi connectivity index (χ1) is 6.67. The molecule has 0 amide bonds. The fraction of sp³-hybridized carbons (Fsp3) is 0.500. The molecule has 0 bridgehead atoms. The van der Waals surface area contributed by atoms with Crippen LogP contribution in [0, 0.1) is 6.92 Å². The summed E-state index contributed by atoms with van der Waals surface area (Å²) in [6.07, 6.45) is 1.94. The number of hydrogen-bond donors (Lipinski definition) is 1. The number of aryl methyl sites for hydroxylation is 1. The Balaban J connectivity index is 2.83. The quantitative estimate of drug-likeness (QED) is 0.796. The molecule has 0 aromatic heterocycles. The van der Waals surface area contributed by atoms with Gasteiger partial charge in [0.2, 0.25) is 0 Å². The third kappa shape index (κ3) is 2.74. The van der Waals surface area contributed by atoms with E-state index in [0.29, 0.717) is 0 Å². The summed E-state index contributed by atoms with van der Waals surface area (Å²) in [4.78, 5) is 0. The number of ether oxygens (including phenoxy) is 1. The lowest BCUT2D eigenvalue weighted by Gasteiger charge is -2.12. The van der Waals surface area contributed by atoms with E-state index < -0.39 is 0 Å². The van der Waals surface area contributed by atoms with Crippen molar-refractivity contribution in [3.05, 3.63) is 29.3 Å². The molecule has 0 saturated carbocycles. The van der Waals surface area contributed by atoms with Crippen molar-refractivity contribution >= 4 is 0 Å². The molecule has 0 aliphatic heterocycles. The zero-order valence-corrected chi connectivity index (χ0v) is 9.21. The van der Waals surface area contributed by atoms with Crippen molar-refractivity contribution < 1.29 is 4.74 Å². The van der Waals surface area contributed by atoms with E-state index in [1.54, 1.807) is 7.11 Å². The largest absolute Gasteiger partial charge is 0.497 e. The van der Waals surface area contributed by atoms with Crippen LogP contribution in [0.25, 0.3) is 0 Å². The summed E-state index contributed by atoms with van der Waals surface area (Å²) in [6, 6.07) is 6.39. The Morgan fingerprint density at radius 2 is 2.14 bits per heavy atom. The van der Waals surface area contributed by atoms with Crippen LogP contribution in [0.15, 0.2) is 18.2 Å². The van der Waals surface area contributed by atoms with Gasteiger partial charge < -0.3 is 10.5 Å². The van der Waals surface area contributed by atoms with Crippen molar-refractivity contribution in [3.63, 3.8) is 0 Å². The summed E-state index contributed by atoms with van der Waals surface area (Å²) >= 11 is 0. The number of hydrogen-bond acceptors (Lipinski definition) is 2. The minimum Gasteiger partial charge on any atom is -0.497 e. The summed E-state index contributed by atoms with van der Waals surface area (Å²) < 4.78 is 5.18. The smallest absolute Gasteiger partial charge is 0.119 e. The SMILES string of the molecule is CCC(N)Cc1cc(OC)ccc1C. The molecule has 0 saturated heterocycles. The van der Waals surface area contributed by atoms with Crippen molar-refractivity contribution in [2.24, 2.45) is 5.73 Å². The Hall–Kier alpha value is -1.02. The Bertz CT molecular complexity index is 296. The van der Waals surface area contributed by atoms with Crippen molar-refractivity contribution in [3.8, 4) is 5.75 Å². The predicted octanol–water partition coefficient (Wildman–Crippen LogP) is 2.28. The fourth-order valence-electron chi connectivity index (χ4n) is 1.42. The van der Waals surface area contributed by atoms with Gasteiger partial charge >= 0.3 is 0 Å². The van der Waals surface area contributed by atoms with Crippen molar-refractivity contribution in [2.45, 2.75) is 32.7 Å². The van der Waals surface area contributed by atoms with Gasteiger partial charge in [-0.3, -0.25) is 0 Å². The first kappa shape index (κ1) is 11.1. The highest BCUT2D eigenvalue weighted by molar-refractivity contribution is 5.35. The standard InChI is InChI=1S/C12H19NO/c1-4-11(13)7-10-8-12(14-3)6-5-9(10)2/h5-6,8,11H,4,7,13H2,1-3H3. The molecule has 1 aromatic carbocycles. The average molecular weight is 193 g/mol. The van der Waals surface area contributed by atoms with E-state index in [0.717, 1.165) is 18.6 Å². The van der Waals surface area contributed by atoms with Gasteiger partial charge in [0.05, 0.1) is 7.11 Å². The molecule has 78 valence electrons. The van der Waals surface area contributed by atoms with Crippen molar-refractivity contribution in [1.82, 2.24) is 0 Å². The molecule has 0 fully saturated rings. The summed E-state index contributed by atoms with van der Waals surface area (Å²) in [5, 5.41) is 0. The Morgan fingerprint density at radius 3 is 2.71 bits per heavy atom. The lowest BCUT2D eigenvalue weighted by molar-refractivity contribution is 0.414. The van der Waals surface area contributed by atoms with E-state index in [2.05, 4.69) is 26.0 Å². The second-order valence-electron chi connectivity index (χ2n) is 3.66. The van der Waals surface area contributed by atoms with Gasteiger partial charge in [-0.2, -0.15) is 0 Å². The fourth-order valence-corrected chi connectivity index (χ4v) is 1.42. The van der Waals surface area contributed by atoms with Gasteiger partial charge in [0, 0.05) is 6.04 Å². The highest BCUT2D eigenvalue weighted by Gasteiger charge is 2.05. The molecule has 0 aliphatic carbocycles. The monoisotopic (exact) mass is 193 g/mol. The normalized spacial score (nSPS) is 12.6. The van der Waals surface area contributed by atoms with E-state index in [1.165, 1.54) is 11.1 Å². The van der Waals surface area contributed by atoms with Gasteiger partial charge in [0.25, 0.3) is 0 Å². The molecule has 1 rings (SSSR count). The maximum absolute atomic E-state index is 5.92. The first-order valence-electron chi connectivity index (χ1n) is 5.06. The maximum atomic E-state index is 5.92. The minimum atomic E-state index is 0.251. The van der Waals surface area contributed by atoms with Gasteiger partial charge in [-0.25, -0.2) is 0 Å². The van der Waals surface area contributed by atoms with E-state index in [9.17, 15) is 0 Å². The minimum absolute atomic E-state index is 0.251. The van der Waals surface area contributed by atoms with Gasteiger partial charge in [-0.1, -0.05) is 13.0 Å². The number of benzene rings is 1. The molecule has 0 radical (unpaired) electrons. The molecule has 1 aromatic rings. The number of methoxy groups -OCH3 is 1. The van der Waals surface area contributed by atoms with Crippen LogP contribution in [-0.2, 0) is 6.42 Å². The molecule has 14 heavy (non-hydrogen) atoms. The van der Waals surface area contributed by atoms with Crippen LogP contribution in [0.2, 0.25) is 0 Å². The van der Waals surface area contributed by atoms with E-state index in [1.807, 2.05) is 6.07 Å². The Kier molecular flexibility index (Phi) is 3.96. The van der Waals surface area contributed by atoms with Gasteiger partial charge in [0.15, 0.2) is 0 Å². The molecular formula is C12H19NO. The topological polar surface area (TPSA) is 35.2 Å². The predicted molar refractivity (Wildman–Crippen MR) is 59.7 cm³/mol. The lowest BCUT2D eigenvalue weighted by atomic mass is 10.00. The molecule has 2 nitrogen and oxygen atoms in total. The van der Waals surface area contributed by atoms with E-state index in [-0.39, 0.29) is 6.04 Å². The molecule has 0 spiro atoms. The van der Waals surface area contributed by atoms with Crippen LogP contribution in [0.1, 0.15) is 24.5 Å². The molecule has 2 N–H and O–H groups in total. The van der Waals surface area contributed by atoms with E-state index >= 15 is 0 Å². The zero-order valence-electron chi connectivity index (χ0n) is 9.21. The van der Waals surface area contributed by atoms with Crippen LogP contribution < -0.4 is 10.5 Å². The molecule has 1 unspecified atom stereocenters. The lowest BCUT2D eigenvalue weighted by Crippen LogP contribution is -2.21. The molecule has 2 heteroatoms. The highest BCUT2D eigenvalue weighted by atomic mass is 16.5. The van der Waals surface area contributed by atoms with Crippen LogP contribution in [0.3, 0.4) is 0 Å². The first-order valence-corrected chi connectivity index (χ1v) is 5.06. The summed E-state index contributed by atoms with van der Waals surface area (Å²) in [5.74, 6) is 0.911. The number of rotatable bonds is 4. The third-order valence-corrected chi connectivity index (χ3v) is 2.56. The molecule has 1 atom stereocenters. The highest BCUT2D eigenvalue weighted by Crippen LogP contribution is 2.18. The van der Waals surface area contributed by atoms with E-state index in [4.69, 9.17) is 10.5 Å². The second kappa shape index (κ2) is 5.01. The number of nitrogens with two attached hydrogens (primary N) is 1. The molecule has 0 heterocycles. The summed E-state index contributed by atoms with van der Waals surface area (Å²) in [5.41, 5.74) is 8.50. The van der Waals surface area contributed by atoms with Crippen LogP contribution in [0.4, 0.5) is 0 Å². The average Bonchev–Trinajstić information content (AvgIpc) is 2.21. The third-order valence-electron chi connectivity index (χ3n) is 2.56. The molecular weight excluding hydrogens is 174 g/mol. The Labute approximate surface area is 86.1 Å². The maximum Gasteiger partial charge on any atom is 0.119 e.